The molecule has 90 valence electrons. The van der Waals surface area contributed by atoms with Gasteiger partial charge in [0.1, 0.15) is 0 Å². The Morgan fingerprint density at radius 3 is 2.94 bits per heavy atom. The van der Waals surface area contributed by atoms with Crippen molar-refractivity contribution in [1.82, 2.24) is 15.1 Å². The first-order valence-electron chi connectivity index (χ1n) is 5.65. The fourth-order valence-corrected chi connectivity index (χ4v) is 2.24. The van der Waals surface area contributed by atoms with E-state index in [1.807, 2.05) is 0 Å². The zero-order chi connectivity index (χ0) is 11.5. The third kappa shape index (κ3) is 2.03. The molecule has 0 spiro atoms. The molecule has 0 aromatic heterocycles. The Kier molecular flexibility index (Phi) is 3.40. The van der Waals surface area contributed by atoms with Crippen LogP contribution in [-0.4, -0.2) is 72.1 Å². The van der Waals surface area contributed by atoms with E-state index >= 15 is 0 Å². The molecule has 0 aromatic carbocycles. The van der Waals surface area contributed by atoms with E-state index in [1.54, 1.807) is 9.80 Å². The van der Waals surface area contributed by atoms with Crippen LogP contribution in [0.15, 0.2) is 0 Å². The lowest BCUT2D eigenvalue weighted by atomic mass is 10.1. The van der Waals surface area contributed by atoms with Crippen LogP contribution >= 0.6 is 0 Å². The predicted molar refractivity (Wildman–Crippen MR) is 56.7 cm³/mol. The predicted octanol–water partition coefficient (Wildman–Crippen LogP) is -1.99. The average molecular weight is 227 g/mol. The second-order valence-electron chi connectivity index (χ2n) is 4.18. The Bertz CT molecular complexity index is 295. The van der Waals surface area contributed by atoms with E-state index in [4.69, 9.17) is 5.11 Å². The topological polar surface area (TPSA) is 72.9 Å². The Morgan fingerprint density at radius 2 is 2.19 bits per heavy atom. The maximum absolute atomic E-state index is 11.8. The molecule has 1 atom stereocenters. The minimum atomic E-state index is -0.424. The number of nitrogens with zero attached hydrogens (tertiary/aromatic N) is 2. The second kappa shape index (κ2) is 4.80. The van der Waals surface area contributed by atoms with Crippen LogP contribution in [0.4, 0.5) is 0 Å². The maximum atomic E-state index is 11.8. The molecule has 6 nitrogen and oxygen atoms in total. The molecular weight excluding hydrogens is 210 g/mol. The summed E-state index contributed by atoms with van der Waals surface area (Å²) < 4.78 is 0. The summed E-state index contributed by atoms with van der Waals surface area (Å²) in [5.41, 5.74) is 0. The Balaban J connectivity index is 2.03. The van der Waals surface area contributed by atoms with Gasteiger partial charge in [-0.05, 0) is 6.42 Å². The highest BCUT2D eigenvalue weighted by molar-refractivity contribution is 6.35. The molecule has 0 saturated carbocycles. The summed E-state index contributed by atoms with van der Waals surface area (Å²) >= 11 is 0. The van der Waals surface area contributed by atoms with Gasteiger partial charge in [0.25, 0.3) is 0 Å². The molecule has 0 aliphatic carbocycles. The molecule has 2 heterocycles. The second-order valence-corrected chi connectivity index (χ2v) is 4.18. The average Bonchev–Trinajstić information content (AvgIpc) is 2.32. The molecular formula is C10H17N3O3. The number of hydrogen-bond acceptors (Lipinski definition) is 4. The van der Waals surface area contributed by atoms with Gasteiger partial charge in [0.15, 0.2) is 0 Å². The van der Waals surface area contributed by atoms with E-state index in [0.717, 1.165) is 13.1 Å². The zero-order valence-electron chi connectivity index (χ0n) is 9.19. The van der Waals surface area contributed by atoms with Crippen molar-refractivity contribution in [2.45, 2.75) is 12.5 Å². The molecule has 6 heteroatoms. The smallest absolute Gasteiger partial charge is 0.312 e. The number of carbonyl (C=O) groups excluding carboxylic acids is 2. The molecule has 2 amide bonds. The fraction of sp³-hybridized carbons (Fsp3) is 0.800. The summed E-state index contributed by atoms with van der Waals surface area (Å²) in [5.74, 6) is -0.817. The number of carbonyl (C=O) groups is 2. The molecule has 2 aliphatic heterocycles. The van der Waals surface area contributed by atoms with Crippen LogP contribution < -0.4 is 5.32 Å². The van der Waals surface area contributed by atoms with Gasteiger partial charge in [0, 0.05) is 39.3 Å². The summed E-state index contributed by atoms with van der Waals surface area (Å²) in [5, 5.41) is 12.0. The first-order chi connectivity index (χ1) is 7.74. The highest BCUT2D eigenvalue weighted by atomic mass is 16.3. The number of aliphatic hydroxyl groups is 1. The summed E-state index contributed by atoms with van der Waals surface area (Å²) in [6.45, 7) is 3.21. The van der Waals surface area contributed by atoms with Gasteiger partial charge < -0.3 is 20.2 Å². The van der Waals surface area contributed by atoms with Crippen molar-refractivity contribution in [1.29, 1.82) is 0 Å². The lowest BCUT2D eigenvalue weighted by molar-refractivity contribution is -0.159. The molecule has 2 rings (SSSR count). The van der Waals surface area contributed by atoms with Gasteiger partial charge in [-0.3, -0.25) is 9.59 Å². The number of rotatable bonds is 3. The number of hydrogen-bond donors (Lipinski definition) is 2. The van der Waals surface area contributed by atoms with E-state index in [1.165, 1.54) is 0 Å². The van der Waals surface area contributed by atoms with Crippen molar-refractivity contribution in [2.75, 3.05) is 39.3 Å². The lowest BCUT2D eigenvalue weighted by Crippen LogP contribution is -2.65. The van der Waals surface area contributed by atoms with Crippen LogP contribution in [0.25, 0.3) is 0 Å². The number of amides is 2. The van der Waals surface area contributed by atoms with Crippen LogP contribution in [0.2, 0.25) is 0 Å². The Morgan fingerprint density at radius 1 is 1.38 bits per heavy atom. The largest absolute Gasteiger partial charge is 0.396 e. The Labute approximate surface area is 94.2 Å². The molecule has 16 heavy (non-hydrogen) atoms. The molecule has 2 fully saturated rings. The number of piperazine rings is 2. The van der Waals surface area contributed by atoms with Gasteiger partial charge in [-0.15, -0.1) is 0 Å². The van der Waals surface area contributed by atoms with Gasteiger partial charge in [-0.1, -0.05) is 0 Å². The molecule has 0 bridgehead atoms. The van der Waals surface area contributed by atoms with Gasteiger partial charge in [0.05, 0.1) is 6.04 Å². The number of fused-ring (bicyclic) bond motifs is 1. The number of aliphatic hydroxyl groups excluding tert-OH is 1. The minimum absolute atomic E-state index is 0.0462. The number of nitrogens with one attached hydrogen (secondary N) is 1. The standard InChI is InChI=1S/C10H17N3O3/c14-5-1-3-12-7-8-6-11-2-4-13(8)10(16)9(12)15/h8,11,14H,1-7H2. The zero-order valence-corrected chi connectivity index (χ0v) is 9.19. The first-order valence-corrected chi connectivity index (χ1v) is 5.65. The van der Waals surface area contributed by atoms with Crippen molar-refractivity contribution >= 4 is 11.8 Å². The molecule has 1 unspecified atom stereocenters. The molecule has 2 saturated heterocycles. The van der Waals surface area contributed by atoms with Crippen LogP contribution in [0.1, 0.15) is 6.42 Å². The summed E-state index contributed by atoms with van der Waals surface area (Å²) in [6, 6.07) is 0.0950. The highest BCUT2D eigenvalue weighted by Gasteiger charge is 2.39. The van der Waals surface area contributed by atoms with Crippen molar-refractivity contribution in [3.05, 3.63) is 0 Å². The molecule has 0 aromatic rings. The monoisotopic (exact) mass is 227 g/mol. The van der Waals surface area contributed by atoms with Gasteiger partial charge in [0.2, 0.25) is 0 Å². The van der Waals surface area contributed by atoms with E-state index in [-0.39, 0.29) is 12.6 Å². The van der Waals surface area contributed by atoms with E-state index < -0.39 is 11.8 Å². The first kappa shape index (κ1) is 11.3. The quantitative estimate of drug-likeness (QED) is 0.548. The van der Waals surface area contributed by atoms with Crippen LogP contribution in [0.5, 0.6) is 0 Å². The Hall–Kier alpha value is -1.14. The van der Waals surface area contributed by atoms with Crippen molar-refractivity contribution in [3.63, 3.8) is 0 Å². The lowest BCUT2D eigenvalue weighted by Gasteiger charge is -2.43. The summed E-state index contributed by atoms with van der Waals surface area (Å²) in [4.78, 5) is 26.7. The van der Waals surface area contributed by atoms with Gasteiger partial charge >= 0.3 is 11.8 Å². The van der Waals surface area contributed by atoms with Gasteiger partial charge in [-0.2, -0.15) is 0 Å². The van der Waals surface area contributed by atoms with Crippen LogP contribution in [-0.2, 0) is 9.59 Å². The van der Waals surface area contributed by atoms with Gasteiger partial charge in [-0.25, -0.2) is 0 Å². The third-order valence-electron chi connectivity index (χ3n) is 3.10. The normalized spacial score (nSPS) is 25.9. The van der Waals surface area contributed by atoms with E-state index in [2.05, 4.69) is 5.32 Å². The maximum Gasteiger partial charge on any atom is 0.312 e. The van der Waals surface area contributed by atoms with E-state index in [9.17, 15) is 9.59 Å². The fourth-order valence-electron chi connectivity index (χ4n) is 2.24. The molecule has 2 N–H and O–H groups in total. The van der Waals surface area contributed by atoms with Crippen molar-refractivity contribution in [3.8, 4) is 0 Å². The molecule has 0 radical (unpaired) electrons. The van der Waals surface area contributed by atoms with E-state index in [0.29, 0.717) is 26.1 Å². The third-order valence-corrected chi connectivity index (χ3v) is 3.10. The molecule has 2 aliphatic rings. The van der Waals surface area contributed by atoms with Crippen LogP contribution in [0.3, 0.4) is 0 Å². The van der Waals surface area contributed by atoms with Crippen LogP contribution in [0, 0.1) is 0 Å². The highest BCUT2D eigenvalue weighted by Crippen LogP contribution is 2.14. The summed E-state index contributed by atoms with van der Waals surface area (Å²) in [6.07, 6.45) is 0.527. The van der Waals surface area contributed by atoms with Crippen molar-refractivity contribution in [2.24, 2.45) is 0 Å². The van der Waals surface area contributed by atoms with Crippen molar-refractivity contribution < 1.29 is 14.7 Å². The minimum Gasteiger partial charge on any atom is -0.396 e. The SMILES string of the molecule is O=C1C(=O)N2CCNCC2CN1CCCO. The summed E-state index contributed by atoms with van der Waals surface area (Å²) in [7, 11) is 0.